The highest BCUT2D eigenvalue weighted by molar-refractivity contribution is 5.70. The summed E-state index contributed by atoms with van der Waals surface area (Å²) in [5.41, 5.74) is 5.00. The Morgan fingerprint density at radius 1 is 1.00 bits per heavy atom. The minimum Gasteiger partial charge on any atom is -0.481 e. The first-order valence-corrected chi connectivity index (χ1v) is 13.6. The van der Waals surface area contributed by atoms with Crippen LogP contribution in [0.4, 0.5) is 0 Å². The minimum atomic E-state index is -0.592. The molecule has 0 aromatic rings. The predicted molar refractivity (Wildman–Crippen MR) is 135 cm³/mol. The number of allylic oxidation sites excluding steroid dienone is 4. The van der Waals surface area contributed by atoms with Gasteiger partial charge in [-0.05, 0) is 112 Å². The highest BCUT2D eigenvalue weighted by Crippen LogP contribution is 2.72. The molecule has 3 heteroatoms. The Balaban J connectivity index is 1.69. The summed E-state index contributed by atoms with van der Waals surface area (Å²) >= 11 is 0. The molecule has 7 atom stereocenters. The molecule has 3 nitrogen and oxygen atoms in total. The van der Waals surface area contributed by atoms with Crippen LogP contribution in [0.15, 0.2) is 22.8 Å². The number of aliphatic hydroxyl groups is 1. The van der Waals surface area contributed by atoms with Gasteiger partial charge in [0.1, 0.15) is 0 Å². The molecule has 4 aliphatic carbocycles. The highest BCUT2D eigenvalue weighted by atomic mass is 16.4. The molecule has 0 bridgehead atoms. The molecular weight excluding hydrogens is 408 g/mol. The maximum absolute atomic E-state index is 12.5. The maximum Gasteiger partial charge on any atom is 0.306 e. The summed E-state index contributed by atoms with van der Waals surface area (Å²) in [5, 5.41) is 21.0. The van der Waals surface area contributed by atoms with Crippen LogP contribution in [0.2, 0.25) is 0 Å². The standard InChI is InChI=1S/C30H48O3/c1-19(2)9-8-10-20(26(32)33)21-13-17-30(7)23-11-12-24-27(3,4)25(31)15-16-28(24,5)22(23)14-18-29(21,30)6/h9,20-21,24-25,31H,8,10-18H2,1-7H3,(H,32,33)/t20?,21?,24-,25?,28-,29-,30+/m1/s1. The van der Waals surface area contributed by atoms with E-state index in [-0.39, 0.29) is 39.6 Å². The number of carbonyl (C=O) groups is 1. The number of rotatable bonds is 5. The average molecular weight is 457 g/mol. The van der Waals surface area contributed by atoms with Gasteiger partial charge in [0.25, 0.3) is 0 Å². The summed E-state index contributed by atoms with van der Waals surface area (Å²) in [6.07, 6.45) is 12.3. The van der Waals surface area contributed by atoms with Gasteiger partial charge in [0.15, 0.2) is 0 Å². The Morgan fingerprint density at radius 3 is 2.33 bits per heavy atom. The van der Waals surface area contributed by atoms with Gasteiger partial charge in [0, 0.05) is 0 Å². The van der Waals surface area contributed by atoms with E-state index in [1.807, 2.05) is 0 Å². The molecule has 0 amide bonds. The van der Waals surface area contributed by atoms with E-state index in [0.29, 0.717) is 5.92 Å². The molecule has 3 unspecified atom stereocenters. The van der Waals surface area contributed by atoms with Gasteiger partial charge in [-0.2, -0.15) is 0 Å². The monoisotopic (exact) mass is 456 g/mol. The molecule has 33 heavy (non-hydrogen) atoms. The zero-order valence-electron chi connectivity index (χ0n) is 22.3. The van der Waals surface area contributed by atoms with Crippen LogP contribution in [0.25, 0.3) is 0 Å². The van der Waals surface area contributed by atoms with Crippen LogP contribution in [0.1, 0.15) is 113 Å². The normalized spacial score (nSPS) is 42.7. The third kappa shape index (κ3) is 3.58. The number of hydrogen-bond acceptors (Lipinski definition) is 2. The van der Waals surface area contributed by atoms with Gasteiger partial charge < -0.3 is 10.2 Å². The van der Waals surface area contributed by atoms with E-state index in [4.69, 9.17) is 0 Å². The predicted octanol–water partition coefficient (Wildman–Crippen LogP) is 7.54. The highest BCUT2D eigenvalue weighted by Gasteiger charge is 2.64. The van der Waals surface area contributed by atoms with Crippen LogP contribution < -0.4 is 0 Å². The van der Waals surface area contributed by atoms with Crippen LogP contribution in [0.5, 0.6) is 0 Å². The third-order valence-corrected chi connectivity index (χ3v) is 11.6. The van der Waals surface area contributed by atoms with Crippen molar-refractivity contribution < 1.29 is 15.0 Å². The lowest BCUT2D eigenvalue weighted by molar-refractivity contribution is -0.146. The van der Waals surface area contributed by atoms with E-state index < -0.39 is 5.97 Å². The lowest BCUT2D eigenvalue weighted by Crippen LogP contribution is -2.55. The molecule has 0 spiro atoms. The van der Waals surface area contributed by atoms with Gasteiger partial charge in [0.2, 0.25) is 0 Å². The zero-order valence-corrected chi connectivity index (χ0v) is 22.3. The zero-order chi connectivity index (χ0) is 24.4. The summed E-state index contributed by atoms with van der Waals surface area (Å²) in [6, 6.07) is 0. The van der Waals surface area contributed by atoms with Crippen molar-refractivity contribution in [2.75, 3.05) is 0 Å². The van der Waals surface area contributed by atoms with Crippen LogP contribution >= 0.6 is 0 Å². The second kappa shape index (κ2) is 8.25. The van der Waals surface area contributed by atoms with Crippen molar-refractivity contribution in [1.29, 1.82) is 0 Å². The molecule has 0 aromatic heterocycles. The number of hydrogen-bond donors (Lipinski definition) is 2. The second-order valence-corrected chi connectivity index (χ2v) is 13.5. The van der Waals surface area contributed by atoms with Crippen molar-refractivity contribution in [1.82, 2.24) is 0 Å². The van der Waals surface area contributed by atoms with Crippen molar-refractivity contribution >= 4 is 5.97 Å². The van der Waals surface area contributed by atoms with Crippen molar-refractivity contribution in [2.24, 2.45) is 39.4 Å². The Morgan fingerprint density at radius 2 is 1.70 bits per heavy atom. The number of aliphatic hydroxyl groups excluding tert-OH is 1. The summed E-state index contributed by atoms with van der Waals surface area (Å²) in [7, 11) is 0. The first-order valence-electron chi connectivity index (χ1n) is 13.6. The molecule has 4 rings (SSSR count). The molecule has 0 heterocycles. The lowest BCUT2D eigenvalue weighted by Gasteiger charge is -2.62. The van der Waals surface area contributed by atoms with Gasteiger partial charge in [-0.15, -0.1) is 0 Å². The fourth-order valence-corrected chi connectivity index (χ4v) is 9.41. The fraction of sp³-hybridized carbons (Fsp3) is 0.833. The Labute approximate surface area is 202 Å². The molecule has 0 saturated heterocycles. The van der Waals surface area contributed by atoms with Crippen molar-refractivity contribution in [3.8, 4) is 0 Å². The van der Waals surface area contributed by atoms with E-state index in [2.05, 4.69) is 54.5 Å². The molecular formula is C30H48O3. The molecule has 2 saturated carbocycles. The van der Waals surface area contributed by atoms with E-state index in [9.17, 15) is 15.0 Å². The molecule has 4 aliphatic rings. The van der Waals surface area contributed by atoms with Crippen molar-refractivity contribution in [3.63, 3.8) is 0 Å². The van der Waals surface area contributed by atoms with Crippen LogP contribution in [-0.4, -0.2) is 22.3 Å². The summed E-state index contributed by atoms with van der Waals surface area (Å²) in [5.74, 6) is -0.0420. The van der Waals surface area contributed by atoms with Gasteiger partial charge in [0.05, 0.1) is 12.0 Å². The topological polar surface area (TPSA) is 57.5 Å². The number of fused-ring (bicyclic) bond motifs is 4. The molecule has 186 valence electrons. The largest absolute Gasteiger partial charge is 0.481 e. The van der Waals surface area contributed by atoms with Crippen LogP contribution in [0, 0.1) is 39.4 Å². The maximum atomic E-state index is 12.5. The average Bonchev–Trinajstić information content (AvgIpc) is 3.00. The third-order valence-electron chi connectivity index (χ3n) is 11.6. The fourth-order valence-electron chi connectivity index (χ4n) is 9.41. The quantitative estimate of drug-likeness (QED) is 0.420. The molecule has 2 fully saturated rings. The Hall–Kier alpha value is -1.09. The Kier molecular flexibility index (Phi) is 6.25. The first kappa shape index (κ1) is 25.0. The first-order chi connectivity index (χ1) is 15.3. The molecule has 2 N–H and O–H groups in total. The molecule has 0 aromatic carbocycles. The van der Waals surface area contributed by atoms with Gasteiger partial charge in [-0.3, -0.25) is 4.79 Å². The van der Waals surface area contributed by atoms with Crippen LogP contribution in [-0.2, 0) is 4.79 Å². The minimum absolute atomic E-state index is 0.0370. The number of carboxylic acids is 1. The van der Waals surface area contributed by atoms with Gasteiger partial charge >= 0.3 is 5.97 Å². The smallest absolute Gasteiger partial charge is 0.306 e. The Bertz CT molecular complexity index is 862. The van der Waals surface area contributed by atoms with E-state index in [1.54, 1.807) is 11.1 Å². The molecule has 0 radical (unpaired) electrons. The van der Waals surface area contributed by atoms with Crippen molar-refractivity contribution in [2.45, 2.75) is 119 Å². The molecule has 0 aliphatic heterocycles. The van der Waals surface area contributed by atoms with Gasteiger partial charge in [-0.1, -0.05) is 57.4 Å². The second-order valence-electron chi connectivity index (χ2n) is 13.5. The van der Waals surface area contributed by atoms with E-state index in [0.717, 1.165) is 57.8 Å². The van der Waals surface area contributed by atoms with Crippen LogP contribution in [0.3, 0.4) is 0 Å². The van der Waals surface area contributed by atoms with Crippen molar-refractivity contribution in [3.05, 3.63) is 22.8 Å². The number of aliphatic carboxylic acids is 1. The number of carboxylic acid groups (broad SMARTS) is 1. The van der Waals surface area contributed by atoms with Gasteiger partial charge in [-0.25, -0.2) is 0 Å². The van der Waals surface area contributed by atoms with E-state index in [1.165, 1.54) is 12.0 Å². The SMILES string of the molecule is CC(C)=CCCC(C(=O)O)C1CC[C@@]2(C)C3=C(CC[C@]12C)[C@@]1(C)CCC(O)C(C)(C)[C@H]1CC3. The van der Waals surface area contributed by atoms with E-state index >= 15 is 0 Å². The summed E-state index contributed by atoms with van der Waals surface area (Å²) in [4.78, 5) is 12.5. The summed E-state index contributed by atoms with van der Waals surface area (Å²) < 4.78 is 0. The lowest BCUT2D eigenvalue weighted by atomic mass is 9.43. The summed E-state index contributed by atoms with van der Waals surface area (Å²) in [6.45, 7) is 16.2.